The maximum Gasteiger partial charge on any atom is 0.426 e. The van der Waals surface area contributed by atoms with Gasteiger partial charge in [0.15, 0.2) is 0 Å². The quantitative estimate of drug-likeness (QED) is 0.412. The smallest absolute Gasteiger partial charge is 0.299 e. The predicted molar refractivity (Wildman–Crippen MR) is 87.8 cm³/mol. The molecule has 0 saturated heterocycles. The van der Waals surface area contributed by atoms with Crippen molar-refractivity contribution in [2.24, 2.45) is 41.4 Å². The molecule has 3 fully saturated rings. The Morgan fingerprint density at radius 2 is 1.69 bits per heavy atom. The summed E-state index contributed by atoms with van der Waals surface area (Å²) in [7, 11) is -5.76. The van der Waals surface area contributed by atoms with Crippen LogP contribution >= 0.6 is 0 Å². The Hall–Kier alpha value is -1.15. The number of allylic oxidation sites excluding steroid dienone is 2. The SMILES string of the molecule is O=C(CCCC(=O)C(F)(F)S(=O)(=O)O)C1CC2CC1C1C3C=CC(C3)C21. The van der Waals surface area contributed by atoms with Crippen molar-refractivity contribution in [2.75, 3.05) is 0 Å². The molecule has 5 nitrogen and oxygen atoms in total. The van der Waals surface area contributed by atoms with Crippen LogP contribution in [-0.2, 0) is 19.7 Å². The van der Waals surface area contributed by atoms with Gasteiger partial charge in [0.25, 0.3) is 0 Å². The van der Waals surface area contributed by atoms with Crippen LogP contribution in [0.4, 0.5) is 8.78 Å². The molecule has 0 aromatic carbocycles. The topological polar surface area (TPSA) is 88.5 Å². The molecule has 3 saturated carbocycles. The lowest BCUT2D eigenvalue weighted by Gasteiger charge is -2.36. The lowest BCUT2D eigenvalue weighted by molar-refractivity contribution is -0.134. The molecule has 0 radical (unpaired) electrons. The second-order valence-corrected chi connectivity index (χ2v) is 9.80. The Labute approximate surface area is 151 Å². The number of rotatable bonds is 7. The number of carbonyl (C=O) groups is 2. The third-order valence-corrected chi connectivity index (χ3v) is 8.03. The zero-order valence-electron chi connectivity index (χ0n) is 14.2. The second kappa shape index (κ2) is 5.92. The summed E-state index contributed by atoms with van der Waals surface area (Å²) in [6, 6.07) is 0. The van der Waals surface area contributed by atoms with E-state index in [1.165, 1.54) is 6.42 Å². The molecule has 0 heterocycles. The molecule has 26 heavy (non-hydrogen) atoms. The molecule has 8 heteroatoms. The molecule has 0 aliphatic heterocycles. The fraction of sp³-hybridized carbons (Fsp3) is 0.778. The van der Waals surface area contributed by atoms with Crippen molar-refractivity contribution in [3.63, 3.8) is 0 Å². The van der Waals surface area contributed by atoms with Gasteiger partial charge in [-0.05, 0) is 61.2 Å². The highest BCUT2D eigenvalue weighted by molar-refractivity contribution is 7.87. The molecular weight excluding hydrogens is 366 g/mol. The average molecular weight is 388 g/mol. The highest BCUT2D eigenvalue weighted by atomic mass is 32.2. The van der Waals surface area contributed by atoms with Gasteiger partial charge in [-0.25, -0.2) is 0 Å². The monoisotopic (exact) mass is 388 g/mol. The molecule has 1 N–H and O–H groups in total. The Morgan fingerprint density at radius 3 is 2.35 bits per heavy atom. The number of ketones is 2. The third-order valence-electron chi connectivity index (χ3n) is 7.16. The van der Waals surface area contributed by atoms with E-state index in [4.69, 9.17) is 4.55 Å². The number of hydrogen-bond acceptors (Lipinski definition) is 4. The normalized spacial score (nSPS) is 40.2. The summed E-state index contributed by atoms with van der Waals surface area (Å²) in [6.45, 7) is 0. The van der Waals surface area contributed by atoms with Gasteiger partial charge in [-0.3, -0.25) is 14.1 Å². The van der Waals surface area contributed by atoms with E-state index < -0.39 is 27.6 Å². The molecule has 0 aromatic heterocycles. The summed E-state index contributed by atoms with van der Waals surface area (Å²) in [6.07, 6.45) is 6.88. The minimum absolute atomic E-state index is 0.00248. The van der Waals surface area contributed by atoms with E-state index in [9.17, 15) is 26.8 Å². The summed E-state index contributed by atoms with van der Waals surface area (Å²) in [5.41, 5.74) is 0. The number of halogens is 2. The number of fused-ring (bicyclic) bond motifs is 9. The number of Topliss-reactive ketones (excluding diaryl/α,β-unsaturated/α-hetero) is 2. The lowest BCUT2D eigenvalue weighted by Crippen LogP contribution is -2.37. The third kappa shape index (κ3) is 2.59. The maximum atomic E-state index is 13.2. The van der Waals surface area contributed by atoms with Crippen LogP contribution in [0.5, 0.6) is 0 Å². The van der Waals surface area contributed by atoms with E-state index in [1.54, 1.807) is 0 Å². The number of carbonyl (C=O) groups excluding carboxylic acids is 2. The van der Waals surface area contributed by atoms with Crippen LogP contribution < -0.4 is 0 Å². The molecule has 4 aliphatic rings. The van der Waals surface area contributed by atoms with E-state index in [1.807, 2.05) is 0 Å². The Bertz CT molecular complexity index is 774. The maximum absolute atomic E-state index is 13.2. The Balaban J connectivity index is 1.32. The van der Waals surface area contributed by atoms with Gasteiger partial charge >= 0.3 is 15.4 Å². The molecular formula is C18H22F2O5S. The van der Waals surface area contributed by atoms with E-state index in [0.29, 0.717) is 35.5 Å². The van der Waals surface area contributed by atoms with Crippen LogP contribution in [0.15, 0.2) is 12.2 Å². The molecule has 4 aliphatic carbocycles. The zero-order valence-corrected chi connectivity index (χ0v) is 15.0. The Kier molecular flexibility index (Phi) is 4.15. The van der Waals surface area contributed by atoms with Gasteiger partial charge in [-0.15, -0.1) is 0 Å². The van der Waals surface area contributed by atoms with Crippen molar-refractivity contribution >= 4 is 21.7 Å². The van der Waals surface area contributed by atoms with Gasteiger partial charge in [-0.2, -0.15) is 17.2 Å². The first-order valence-electron chi connectivity index (χ1n) is 9.20. The van der Waals surface area contributed by atoms with Crippen molar-refractivity contribution in [1.82, 2.24) is 0 Å². The fourth-order valence-electron chi connectivity index (χ4n) is 6.28. The van der Waals surface area contributed by atoms with Crippen molar-refractivity contribution in [3.05, 3.63) is 12.2 Å². The first kappa shape index (κ1) is 18.2. The largest absolute Gasteiger partial charge is 0.426 e. The predicted octanol–water partition coefficient (Wildman–Crippen LogP) is 2.87. The van der Waals surface area contributed by atoms with Gasteiger partial charge < -0.3 is 0 Å². The molecule has 7 unspecified atom stereocenters. The van der Waals surface area contributed by atoms with Crippen LogP contribution in [0.2, 0.25) is 0 Å². The van der Waals surface area contributed by atoms with Crippen LogP contribution in [0.25, 0.3) is 0 Å². The molecule has 4 bridgehead atoms. The van der Waals surface area contributed by atoms with Crippen molar-refractivity contribution in [3.8, 4) is 0 Å². The van der Waals surface area contributed by atoms with Gasteiger partial charge in [0.1, 0.15) is 5.78 Å². The average Bonchev–Trinajstić information content (AvgIpc) is 3.31. The minimum Gasteiger partial charge on any atom is -0.299 e. The minimum atomic E-state index is -5.76. The lowest BCUT2D eigenvalue weighted by atomic mass is 9.68. The van der Waals surface area contributed by atoms with Crippen LogP contribution in [0, 0.1) is 41.4 Å². The van der Waals surface area contributed by atoms with Crippen LogP contribution in [0.1, 0.15) is 38.5 Å². The first-order chi connectivity index (χ1) is 12.1. The number of alkyl halides is 2. The van der Waals surface area contributed by atoms with E-state index in [2.05, 4.69) is 12.2 Å². The summed E-state index contributed by atoms with van der Waals surface area (Å²) in [4.78, 5) is 23.9. The van der Waals surface area contributed by atoms with Crippen molar-refractivity contribution in [2.45, 2.75) is 43.8 Å². The highest BCUT2D eigenvalue weighted by Gasteiger charge is 2.61. The summed E-state index contributed by atoms with van der Waals surface area (Å²) in [5, 5.41) is -4.80. The Morgan fingerprint density at radius 1 is 1.04 bits per heavy atom. The zero-order chi connectivity index (χ0) is 18.9. The summed E-state index contributed by atoms with van der Waals surface area (Å²) < 4.78 is 56.0. The van der Waals surface area contributed by atoms with E-state index >= 15 is 0 Å². The first-order valence-corrected chi connectivity index (χ1v) is 10.6. The molecule has 0 spiro atoms. The fourth-order valence-corrected chi connectivity index (χ4v) is 6.67. The van der Waals surface area contributed by atoms with Crippen molar-refractivity contribution in [1.29, 1.82) is 0 Å². The standard InChI is InChI=1S/C18H22F2O5S/c19-18(20,26(23,24)25)15(22)3-1-2-14(21)12-7-11-8-13(12)17-10-5-4-9(6-10)16(11)17/h4-5,9-13,16-17H,1-3,6-8H2,(H,23,24,25). The second-order valence-electron chi connectivity index (χ2n) is 8.34. The van der Waals surface area contributed by atoms with E-state index in [0.717, 1.165) is 12.8 Å². The van der Waals surface area contributed by atoms with Gasteiger partial charge in [-0.1, -0.05) is 12.2 Å². The van der Waals surface area contributed by atoms with Crippen LogP contribution in [0.3, 0.4) is 0 Å². The highest BCUT2D eigenvalue weighted by Crippen LogP contribution is 2.67. The summed E-state index contributed by atoms with van der Waals surface area (Å²) >= 11 is 0. The van der Waals surface area contributed by atoms with Crippen LogP contribution in [-0.4, -0.2) is 29.8 Å². The molecule has 7 atom stereocenters. The van der Waals surface area contributed by atoms with Crippen molar-refractivity contribution < 1.29 is 31.3 Å². The molecule has 4 rings (SSSR count). The molecule has 144 valence electrons. The summed E-state index contributed by atoms with van der Waals surface area (Å²) in [5.74, 6) is 1.55. The van der Waals surface area contributed by atoms with Gasteiger partial charge in [0.05, 0.1) is 0 Å². The molecule has 0 amide bonds. The van der Waals surface area contributed by atoms with E-state index in [-0.39, 0.29) is 24.5 Å². The van der Waals surface area contributed by atoms with Gasteiger partial charge in [0, 0.05) is 18.8 Å². The number of hydrogen-bond donors (Lipinski definition) is 1. The van der Waals surface area contributed by atoms with Gasteiger partial charge in [0.2, 0.25) is 5.78 Å². The molecule has 0 aromatic rings.